The molecule has 0 unspecified atom stereocenters. The highest BCUT2D eigenvalue weighted by molar-refractivity contribution is 7.15. The molecule has 0 bridgehead atoms. The summed E-state index contributed by atoms with van der Waals surface area (Å²) in [5.74, 6) is -0.962. The topological polar surface area (TPSA) is 83.7 Å². The molecule has 0 fully saturated rings. The molecule has 0 saturated carbocycles. The van der Waals surface area contributed by atoms with Crippen molar-refractivity contribution in [2.75, 3.05) is 5.32 Å². The van der Waals surface area contributed by atoms with E-state index in [4.69, 9.17) is 0 Å². The highest BCUT2D eigenvalue weighted by atomic mass is 32.1. The van der Waals surface area contributed by atoms with Crippen LogP contribution in [0.1, 0.15) is 57.5 Å². The van der Waals surface area contributed by atoms with Gasteiger partial charge in [0.1, 0.15) is 5.00 Å². The van der Waals surface area contributed by atoms with E-state index < -0.39 is 5.97 Å². The van der Waals surface area contributed by atoms with Crippen molar-refractivity contribution in [3.63, 3.8) is 0 Å². The Morgan fingerprint density at radius 1 is 1.16 bits per heavy atom. The minimum absolute atomic E-state index is 0.111. The van der Waals surface area contributed by atoms with Crippen LogP contribution in [0.25, 0.3) is 5.00 Å². The smallest absolute Gasteiger partial charge is 0.339 e. The molecule has 3 aromatic rings. The van der Waals surface area contributed by atoms with Gasteiger partial charge in [0.15, 0.2) is 0 Å². The van der Waals surface area contributed by atoms with Crippen molar-refractivity contribution in [3.05, 3.63) is 63.3 Å². The minimum Gasteiger partial charge on any atom is -0.478 e. The quantitative estimate of drug-likeness (QED) is 0.523. The third-order valence-electron chi connectivity index (χ3n) is 5.58. The summed E-state index contributed by atoms with van der Waals surface area (Å²) in [7, 11) is 0. The van der Waals surface area contributed by atoms with Gasteiger partial charge in [-0.1, -0.05) is 0 Å². The van der Waals surface area contributed by atoms with Crippen molar-refractivity contribution >= 4 is 40.8 Å². The fraction of sp³-hybridized carbons (Fsp3) is 0.292. The van der Waals surface area contributed by atoms with E-state index in [1.54, 1.807) is 17.6 Å². The van der Waals surface area contributed by atoms with Crippen LogP contribution < -0.4 is 5.32 Å². The highest BCUT2D eigenvalue weighted by Gasteiger charge is 2.27. The molecule has 2 aromatic heterocycles. The average Bonchev–Trinajstić information content (AvgIpc) is 3.23. The van der Waals surface area contributed by atoms with Gasteiger partial charge < -0.3 is 15.0 Å². The Labute approximate surface area is 185 Å². The second-order valence-electron chi connectivity index (χ2n) is 7.84. The summed E-state index contributed by atoms with van der Waals surface area (Å²) >= 11 is 1.61. The number of carbonyl (C=O) groups excluding carboxylic acids is 1. The summed E-state index contributed by atoms with van der Waals surface area (Å²) in [6.07, 6.45) is 5.78. The molecule has 6 nitrogen and oxygen atoms in total. The summed E-state index contributed by atoms with van der Waals surface area (Å²) in [5, 5.41) is 13.5. The van der Waals surface area contributed by atoms with Gasteiger partial charge in [0.05, 0.1) is 11.3 Å². The lowest BCUT2D eigenvalue weighted by Gasteiger charge is -2.11. The maximum atomic E-state index is 12.1. The van der Waals surface area contributed by atoms with Crippen LogP contribution in [0.3, 0.4) is 0 Å². The third kappa shape index (κ3) is 4.18. The molecular formula is C24H25N3O3S. The summed E-state index contributed by atoms with van der Waals surface area (Å²) in [5.41, 5.74) is 5.88. The van der Waals surface area contributed by atoms with E-state index in [-0.39, 0.29) is 5.91 Å². The molecule has 1 aliphatic rings. The number of thiophene rings is 1. The number of nitrogens with zero attached hydrogens (tertiary/aromatic N) is 2. The van der Waals surface area contributed by atoms with Crippen molar-refractivity contribution in [3.8, 4) is 5.00 Å². The first kappa shape index (κ1) is 21.1. The number of aryl methyl sites for hydroxylation is 2. The number of aliphatic imine (C=N–C) groups is 1. The number of amides is 1. The zero-order chi connectivity index (χ0) is 22.1. The molecule has 160 valence electrons. The molecule has 2 heterocycles. The lowest BCUT2D eigenvalue weighted by Crippen LogP contribution is -2.09. The van der Waals surface area contributed by atoms with Gasteiger partial charge in [0, 0.05) is 40.7 Å². The molecular weight excluding hydrogens is 410 g/mol. The molecule has 0 atom stereocenters. The number of rotatable bonds is 5. The van der Waals surface area contributed by atoms with Crippen LogP contribution >= 0.6 is 11.3 Å². The Bertz CT molecular complexity index is 1190. The van der Waals surface area contributed by atoms with Crippen LogP contribution in [0.2, 0.25) is 0 Å². The number of hydrogen-bond acceptors (Lipinski definition) is 4. The first-order chi connectivity index (χ1) is 14.8. The monoisotopic (exact) mass is 435 g/mol. The fourth-order valence-corrected chi connectivity index (χ4v) is 5.63. The van der Waals surface area contributed by atoms with E-state index >= 15 is 0 Å². The van der Waals surface area contributed by atoms with Gasteiger partial charge in [-0.05, 0) is 75.4 Å². The Kier molecular flexibility index (Phi) is 5.78. The van der Waals surface area contributed by atoms with Crippen molar-refractivity contribution in [2.24, 2.45) is 4.99 Å². The van der Waals surface area contributed by atoms with Crippen molar-refractivity contribution < 1.29 is 14.7 Å². The molecule has 2 N–H and O–H groups in total. The molecule has 1 aromatic carbocycles. The maximum Gasteiger partial charge on any atom is 0.339 e. The summed E-state index contributed by atoms with van der Waals surface area (Å²) in [6, 6.07) is 9.35. The van der Waals surface area contributed by atoms with E-state index in [1.807, 2.05) is 48.7 Å². The van der Waals surface area contributed by atoms with Crippen LogP contribution in [0.15, 0.2) is 35.3 Å². The molecule has 4 rings (SSSR count). The van der Waals surface area contributed by atoms with Crippen molar-refractivity contribution in [1.29, 1.82) is 0 Å². The standard InChI is InChI=1S/C24H25N3O3S/c1-14-12-17(13-25-18-8-10-19(11-9-18)26-16(3)28)15(2)27(14)23-22(24(29)30)20-6-4-5-7-21(20)31-23/h8-13H,4-7H2,1-3H3,(H,26,28)(H,29,30). The van der Waals surface area contributed by atoms with Gasteiger partial charge >= 0.3 is 5.97 Å². The molecule has 0 radical (unpaired) electrons. The lowest BCUT2D eigenvalue weighted by molar-refractivity contribution is -0.114. The SMILES string of the molecule is CC(=O)Nc1ccc(N=Cc2cc(C)n(-c3sc4c(c3C(=O)O)CCCC4)c2C)cc1. The van der Waals surface area contributed by atoms with Gasteiger partial charge in [-0.15, -0.1) is 11.3 Å². The molecule has 31 heavy (non-hydrogen) atoms. The van der Waals surface area contributed by atoms with Crippen molar-refractivity contribution in [1.82, 2.24) is 4.57 Å². The van der Waals surface area contributed by atoms with Crippen LogP contribution in [-0.2, 0) is 17.6 Å². The number of aromatic carboxylic acids is 1. The normalized spacial score (nSPS) is 13.4. The highest BCUT2D eigenvalue weighted by Crippen LogP contribution is 2.38. The van der Waals surface area contributed by atoms with Crippen LogP contribution in [0.5, 0.6) is 0 Å². The molecule has 0 saturated heterocycles. The Balaban J connectivity index is 1.67. The fourth-order valence-electron chi connectivity index (χ4n) is 4.14. The second kappa shape index (κ2) is 8.51. The number of aromatic nitrogens is 1. The molecule has 1 amide bonds. The number of hydrogen-bond donors (Lipinski definition) is 2. The first-order valence-electron chi connectivity index (χ1n) is 10.3. The van der Waals surface area contributed by atoms with E-state index in [2.05, 4.69) is 10.3 Å². The number of carboxylic acid groups (broad SMARTS) is 1. The third-order valence-corrected chi connectivity index (χ3v) is 6.86. The average molecular weight is 436 g/mol. The van der Waals surface area contributed by atoms with E-state index in [1.165, 1.54) is 11.8 Å². The molecule has 0 aliphatic heterocycles. The lowest BCUT2D eigenvalue weighted by atomic mass is 9.95. The van der Waals surface area contributed by atoms with Gasteiger partial charge in [-0.25, -0.2) is 4.79 Å². The number of fused-ring (bicyclic) bond motifs is 1. The zero-order valence-electron chi connectivity index (χ0n) is 17.9. The number of carboxylic acids is 1. The number of benzene rings is 1. The van der Waals surface area contributed by atoms with Crippen LogP contribution in [0, 0.1) is 13.8 Å². The summed E-state index contributed by atoms with van der Waals surface area (Å²) in [6.45, 7) is 5.47. The second-order valence-corrected chi connectivity index (χ2v) is 8.93. The number of anilines is 1. The molecule has 7 heteroatoms. The Morgan fingerprint density at radius 3 is 2.55 bits per heavy atom. The van der Waals surface area contributed by atoms with E-state index in [0.29, 0.717) is 5.56 Å². The maximum absolute atomic E-state index is 12.1. The van der Waals surface area contributed by atoms with Gasteiger partial charge in [0.25, 0.3) is 0 Å². The van der Waals surface area contributed by atoms with E-state index in [9.17, 15) is 14.7 Å². The van der Waals surface area contributed by atoms with Gasteiger partial charge in [0.2, 0.25) is 5.91 Å². The summed E-state index contributed by atoms with van der Waals surface area (Å²) in [4.78, 5) is 29.0. The van der Waals surface area contributed by atoms with Crippen LogP contribution in [0.4, 0.5) is 11.4 Å². The molecule has 1 aliphatic carbocycles. The Hall–Kier alpha value is -3.19. The zero-order valence-corrected chi connectivity index (χ0v) is 18.7. The van der Waals surface area contributed by atoms with Gasteiger partial charge in [-0.3, -0.25) is 9.79 Å². The predicted molar refractivity (Wildman–Crippen MR) is 125 cm³/mol. The number of nitrogens with one attached hydrogen (secondary N) is 1. The first-order valence-corrected chi connectivity index (χ1v) is 11.2. The largest absolute Gasteiger partial charge is 0.478 e. The molecule has 0 spiro atoms. The van der Waals surface area contributed by atoms with E-state index in [0.717, 1.165) is 64.6 Å². The summed E-state index contributed by atoms with van der Waals surface area (Å²) < 4.78 is 2.05. The Morgan fingerprint density at radius 2 is 1.87 bits per heavy atom. The predicted octanol–water partition coefficient (Wildman–Crippen LogP) is 5.44. The van der Waals surface area contributed by atoms with Gasteiger partial charge in [-0.2, -0.15) is 0 Å². The van der Waals surface area contributed by atoms with Crippen LogP contribution in [-0.4, -0.2) is 27.8 Å². The number of carbonyl (C=O) groups is 2. The minimum atomic E-state index is -0.851. The van der Waals surface area contributed by atoms with Crippen molar-refractivity contribution in [2.45, 2.75) is 46.5 Å².